The van der Waals surface area contributed by atoms with Crippen LogP contribution < -0.4 is 0 Å². The molecule has 19 heteroatoms. The van der Waals surface area contributed by atoms with Crippen molar-refractivity contribution in [2.24, 2.45) is 9.98 Å². The molecule has 70 heavy (non-hydrogen) atoms. The molecule has 3 aromatic heterocycles. The van der Waals surface area contributed by atoms with Crippen molar-refractivity contribution >= 4 is 99.5 Å². The van der Waals surface area contributed by atoms with E-state index in [1.165, 1.54) is 12.1 Å². The van der Waals surface area contributed by atoms with Crippen LogP contribution in [0.15, 0.2) is 118 Å². The average Bonchev–Trinajstić information content (AvgIpc) is 4.19. The van der Waals surface area contributed by atoms with Crippen molar-refractivity contribution in [2.75, 3.05) is 0 Å². The summed E-state index contributed by atoms with van der Waals surface area (Å²) < 4.78 is 70.9. The van der Waals surface area contributed by atoms with Gasteiger partial charge in [-0.2, -0.15) is 21.0 Å². The van der Waals surface area contributed by atoms with E-state index in [-0.39, 0.29) is 67.7 Å². The predicted molar refractivity (Wildman–Crippen MR) is 248 cm³/mol. The number of nitriles is 4. The van der Waals surface area contributed by atoms with Gasteiger partial charge >= 0.3 is 11.9 Å². The second kappa shape index (κ2) is 17.3. The molecule has 10 rings (SSSR count). The number of thiophene rings is 3. The Hall–Kier alpha value is -8.98. The number of hydrogen-bond donors (Lipinski definition) is 0. The molecule has 0 atom stereocenters. The zero-order valence-corrected chi connectivity index (χ0v) is 37.5. The number of fused-ring (bicyclic) bond motifs is 7. The predicted octanol–water partition coefficient (Wildman–Crippen LogP) is 10.9. The number of nitrogens with zero attached hydrogens (tertiary/aromatic N) is 6. The van der Waals surface area contributed by atoms with Crippen LogP contribution in [0.2, 0.25) is 0 Å². The van der Waals surface area contributed by atoms with Crippen LogP contribution in [-0.2, 0) is 37.7 Å². The first-order valence-electron chi connectivity index (χ1n) is 20.3. The van der Waals surface area contributed by atoms with E-state index in [2.05, 4.69) is 9.98 Å². The summed E-state index contributed by atoms with van der Waals surface area (Å²) in [6.07, 6.45) is 0. The number of halogens is 4. The van der Waals surface area contributed by atoms with E-state index in [0.717, 1.165) is 34.0 Å². The molecule has 0 amide bonds. The Labute approximate surface area is 403 Å². The van der Waals surface area contributed by atoms with Crippen LogP contribution in [0.1, 0.15) is 54.1 Å². The van der Waals surface area contributed by atoms with Crippen molar-refractivity contribution in [1.82, 2.24) is 0 Å². The Morgan fingerprint density at radius 2 is 0.986 bits per heavy atom. The highest BCUT2D eigenvalue weighted by Gasteiger charge is 2.61. The summed E-state index contributed by atoms with van der Waals surface area (Å²) >= 11 is 2.90. The first-order valence-corrected chi connectivity index (χ1v) is 22.8. The second-order valence-electron chi connectivity index (χ2n) is 15.4. The molecule has 12 nitrogen and oxygen atoms in total. The fourth-order valence-electron chi connectivity index (χ4n) is 8.45. The van der Waals surface area contributed by atoms with Crippen LogP contribution >= 0.6 is 34.0 Å². The molecule has 0 radical (unpaired) electrons. The maximum absolute atomic E-state index is 15.2. The van der Waals surface area contributed by atoms with E-state index in [9.17, 15) is 48.2 Å². The number of carbonyl (C=O) groups is 4. The van der Waals surface area contributed by atoms with Crippen LogP contribution in [0, 0.1) is 68.6 Å². The van der Waals surface area contributed by atoms with Gasteiger partial charge in [-0.1, -0.05) is 60.7 Å². The van der Waals surface area contributed by atoms with Crippen molar-refractivity contribution in [3.8, 4) is 34.0 Å². The van der Waals surface area contributed by atoms with Gasteiger partial charge in [-0.15, -0.1) is 34.0 Å². The third-order valence-corrected chi connectivity index (χ3v) is 15.0. The molecular weight excluding hydrogens is 965 g/mol. The van der Waals surface area contributed by atoms with Crippen molar-refractivity contribution in [3.05, 3.63) is 176 Å². The van der Waals surface area contributed by atoms with Crippen LogP contribution in [0.3, 0.4) is 0 Å². The fourth-order valence-corrected chi connectivity index (χ4v) is 12.3. The van der Waals surface area contributed by atoms with Gasteiger partial charge in [0.1, 0.15) is 70.1 Å². The summed E-state index contributed by atoms with van der Waals surface area (Å²) in [7, 11) is 0. The highest BCUT2D eigenvalue weighted by molar-refractivity contribution is 7.33. The van der Waals surface area contributed by atoms with E-state index in [1.54, 1.807) is 84.9 Å². The molecular formula is C51H20F4N6O6S3. The zero-order chi connectivity index (χ0) is 49.2. The van der Waals surface area contributed by atoms with Crippen molar-refractivity contribution in [1.29, 1.82) is 21.0 Å². The quantitative estimate of drug-likeness (QED) is 0.0609. The highest BCUT2D eigenvalue weighted by Crippen LogP contribution is 2.62. The number of rotatable bonds is 8. The number of ether oxygens (including phenoxy) is 2. The summed E-state index contributed by atoms with van der Waals surface area (Å²) in [5.41, 5.74) is -5.23. The number of carbonyl (C=O) groups excluding carboxylic acids is 4. The van der Waals surface area contributed by atoms with E-state index in [4.69, 9.17) is 9.47 Å². The lowest BCUT2D eigenvalue weighted by atomic mass is 9.79. The molecule has 3 aliphatic rings. The van der Waals surface area contributed by atoms with Crippen LogP contribution in [0.25, 0.3) is 30.3 Å². The molecule has 7 aromatic rings. The summed E-state index contributed by atoms with van der Waals surface area (Å²) in [4.78, 5) is 67.9. The Morgan fingerprint density at radius 1 is 0.557 bits per heavy atom. The highest BCUT2D eigenvalue weighted by atomic mass is 32.1. The van der Waals surface area contributed by atoms with Crippen molar-refractivity contribution < 1.29 is 46.2 Å². The second-order valence-corrected chi connectivity index (χ2v) is 18.5. The minimum atomic E-state index is -2.46. The molecule has 0 aliphatic heterocycles. The number of esters is 2. The molecule has 0 N–H and O–H groups in total. The summed E-state index contributed by atoms with van der Waals surface area (Å²) in [6, 6.07) is 29.4. The third-order valence-electron chi connectivity index (χ3n) is 11.5. The standard InChI is InChI=1S/C51H20F4N6O6S3/c52-32-11-27-29(13-34(32)54)44(62)42(39(27)25(17-56)18-57)60-37-15-31-46(69-37)48-41(51(31,49(64)66-21-23-7-3-1-4-8-23)50(65)67-22-24-9-5-2-6-10-24)47-36(68-48)16-38(70-47)61-43-40(26(19-58)20-59)28-12-33(53)35(55)14-30(28)45(43)63/h1-16H,21-22H2. The van der Waals surface area contributed by atoms with Gasteiger partial charge < -0.3 is 9.47 Å². The molecule has 0 unspecified atom stereocenters. The normalized spacial score (nSPS) is 14.9. The van der Waals surface area contributed by atoms with Gasteiger partial charge in [-0.3, -0.25) is 19.2 Å². The fraction of sp³-hybridized carbons (Fsp3) is 0.0588. The Balaban J connectivity index is 1.19. The maximum Gasteiger partial charge on any atom is 0.333 e. The number of allylic oxidation sites excluding steroid dienone is 4. The van der Waals surface area contributed by atoms with Gasteiger partial charge in [0.2, 0.25) is 17.0 Å². The lowest BCUT2D eigenvalue weighted by Crippen LogP contribution is -2.45. The van der Waals surface area contributed by atoms with Gasteiger partial charge in [0.05, 0.1) is 14.5 Å². The first-order chi connectivity index (χ1) is 33.8. The Bertz CT molecular complexity index is 3770. The Morgan fingerprint density at radius 3 is 1.43 bits per heavy atom. The molecule has 3 heterocycles. The van der Waals surface area contributed by atoms with Crippen molar-refractivity contribution in [3.63, 3.8) is 0 Å². The minimum Gasteiger partial charge on any atom is -0.459 e. The number of ketones is 2. The SMILES string of the molecule is N#CC(C#N)=C1C(=Nc2cc3c(s2)-c2sc4cc(N=C5C(=O)c6cc(F)c(F)cc6C5=C(C#N)C#N)sc4c2C3(C(=O)OCc2ccccc2)C(=O)OCc2ccccc2)C(=O)c2cc(F)c(F)cc21. The largest absolute Gasteiger partial charge is 0.459 e. The lowest BCUT2D eigenvalue weighted by Gasteiger charge is -2.26. The summed E-state index contributed by atoms with van der Waals surface area (Å²) in [6.45, 7) is -0.627. The number of aliphatic imine (C=N–C) groups is 2. The number of hydrogen-bond acceptors (Lipinski definition) is 15. The maximum atomic E-state index is 15.2. The molecule has 0 saturated heterocycles. The van der Waals surface area contributed by atoms with E-state index in [0.29, 0.717) is 54.5 Å². The third kappa shape index (κ3) is 6.95. The van der Waals surface area contributed by atoms with Crippen LogP contribution in [-0.4, -0.2) is 34.9 Å². The van der Waals surface area contributed by atoms with Gasteiger partial charge in [-0.05, 0) is 47.5 Å². The van der Waals surface area contributed by atoms with Gasteiger partial charge in [0, 0.05) is 49.2 Å². The molecule has 0 fully saturated rings. The summed E-state index contributed by atoms with van der Waals surface area (Å²) in [5.74, 6) is -9.41. The van der Waals surface area contributed by atoms with Crippen LogP contribution in [0.4, 0.5) is 27.6 Å². The van der Waals surface area contributed by atoms with E-state index in [1.807, 2.05) is 0 Å². The molecule has 3 aliphatic carbocycles. The molecule has 336 valence electrons. The van der Waals surface area contributed by atoms with Crippen LogP contribution in [0.5, 0.6) is 0 Å². The molecule has 0 spiro atoms. The lowest BCUT2D eigenvalue weighted by molar-refractivity contribution is -0.164. The zero-order valence-electron chi connectivity index (χ0n) is 35.0. The van der Waals surface area contributed by atoms with Gasteiger partial charge in [0.15, 0.2) is 23.3 Å². The van der Waals surface area contributed by atoms with E-state index < -0.39 is 74.8 Å². The summed E-state index contributed by atoms with van der Waals surface area (Å²) in [5, 5.41) is 39.6. The molecule has 0 saturated carbocycles. The molecule has 4 aromatic carbocycles. The van der Waals surface area contributed by atoms with Gasteiger partial charge in [0.25, 0.3) is 0 Å². The minimum absolute atomic E-state index is 0.00660. The topological polar surface area (TPSA) is 207 Å². The van der Waals surface area contributed by atoms with E-state index >= 15 is 9.59 Å². The first kappa shape index (κ1) is 44.8. The number of benzene rings is 4. The van der Waals surface area contributed by atoms with Crippen molar-refractivity contribution in [2.45, 2.75) is 18.6 Å². The number of Topliss-reactive ketones (excluding diaryl/α,β-unsaturated/α-hetero) is 2. The average molecular weight is 985 g/mol. The van der Waals surface area contributed by atoms with Gasteiger partial charge in [-0.25, -0.2) is 27.5 Å². The Kier molecular flexibility index (Phi) is 11.1. The monoisotopic (exact) mass is 984 g/mol. The smallest absolute Gasteiger partial charge is 0.333 e. The molecule has 0 bridgehead atoms.